The zero-order valence-corrected chi connectivity index (χ0v) is 7.48. The van der Waals surface area contributed by atoms with E-state index in [9.17, 15) is 0 Å². The Bertz CT molecular complexity index is 187. The fraction of sp³-hybridized carbons (Fsp3) is 0.800. The van der Waals surface area contributed by atoms with Crippen LogP contribution in [0.2, 0.25) is 0 Å². The highest BCUT2D eigenvalue weighted by atomic mass is 15.0. The molecule has 62 valence electrons. The Hall–Kier alpha value is -0.300. The number of hydrogen-bond donors (Lipinski definition) is 1. The fourth-order valence-corrected chi connectivity index (χ4v) is 1.87. The van der Waals surface area contributed by atoms with Crippen LogP contribution in [0.3, 0.4) is 0 Å². The summed E-state index contributed by atoms with van der Waals surface area (Å²) in [7, 11) is 0. The third-order valence-corrected chi connectivity index (χ3v) is 2.98. The van der Waals surface area contributed by atoms with Crippen molar-refractivity contribution in [2.24, 2.45) is 5.92 Å². The van der Waals surface area contributed by atoms with Gasteiger partial charge < -0.3 is 5.32 Å². The Labute approximate surface area is 68.9 Å². The molecule has 1 aliphatic carbocycles. The Balaban J connectivity index is 2.06. The molecule has 2 aliphatic rings. The van der Waals surface area contributed by atoms with Gasteiger partial charge in [-0.25, -0.2) is 0 Å². The summed E-state index contributed by atoms with van der Waals surface area (Å²) >= 11 is 0. The molecule has 1 aliphatic heterocycles. The lowest BCUT2D eigenvalue weighted by atomic mass is 9.92. The zero-order valence-electron chi connectivity index (χ0n) is 7.48. The first-order valence-electron chi connectivity index (χ1n) is 4.66. The number of hydrogen-bond acceptors (Lipinski definition) is 1. The molecule has 0 aromatic rings. The first-order chi connectivity index (χ1) is 5.22. The molecule has 0 unspecified atom stereocenters. The van der Waals surface area contributed by atoms with Crippen LogP contribution in [0.1, 0.15) is 33.1 Å². The van der Waals surface area contributed by atoms with Crippen LogP contribution < -0.4 is 5.32 Å². The topological polar surface area (TPSA) is 12.0 Å². The summed E-state index contributed by atoms with van der Waals surface area (Å²) in [5.41, 5.74) is 2.23. The van der Waals surface area contributed by atoms with Crippen LogP contribution >= 0.6 is 0 Å². The summed E-state index contributed by atoms with van der Waals surface area (Å²) in [6.45, 7) is 5.70. The van der Waals surface area contributed by atoms with E-state index >= 15 is 0 Å². The van der Waals surface area contributed by atoms with Crippen molar-refractivity contribution in [3.05, 3.63) is 11.6 Å². The zero-order chi connectivity index (χ0) is 7.90. The highest BCUT2D eigenvalue weighted by Crippen LogP contribution is 2.43. The van der Waals surface area contributed by atoms with E-state index in [-0.39, 0.29) is 0 Å². The summed E-state index contributed by atoms with van der Waals surface area (Å²) in [6.07, 6.45) is 6.48. The minimum Gasteiger partial charge on any atom is -0.307 e. The quantitative estimate of drug-likeness (QED) is 0.566. The average molecular weight is 151 g/mol. The van der Waals surface area contributed by atoms with Crippen LogP contribution in [-0.2, 0) is 0 Å². The van der Waals surface area contributed by atoms with Crippen LogP contribution in [-0.4, -0.2) is 12.1 Å². The van der Waals surface area contributed by atoms with Crippen molar-refractivity contribution < 1.29 is 0 Å². The second kappa shape index (κ2) is 2.34. The predicted octanol–water partition coefficient (Wildman–Crippen LogP) is 2.09. The van der Waals surface area contributed by atoms with Gasteiger partial charge in [0, 0.05) is 12.1 Å². The van der Waals surface area contributed by atoms with Gasteiger partial charge in [-0.15, -0.1) is 0 Å². The minimum absolute atomic E-state index is 0.564. The molecular weight excluding hydrogens is 134 g/mol. The van der Waals surface area contributed by atoms with Crippen molar-refractivity contribution in [3.63, 3.8) is 0 Å². The molecule has 0 bridgehead atoms. The predicted molar refractivity (Wildman–Crippen MR) is 47.5 cm³/mol. The van der Waals surface area contributed by atoms with E-state index in [1.807, 2.05) is 0 Å². The molecule has 1 heteroatoms. The molecule has 0 aromatic heterocycles. The highest BCUT2D eigenvalue weighted by Gasteiger charge is 2.43. The molecule has 1 saturated carbocycles. The maximum absolute atomic E-state index is 3.58. The molecule has 11 heavy (non-hydrogen) atoms. The molecule has 0 amide bonds. The van der Waals surface area contributed by atoms with Crippen LogP contribution in [0.5, 0.6) is 0 Å². The molecule has 1 N–H and O–H groups in total. The van der Waals surface area contributed by atoms with Crippen molar-refractivity contribution in [2.45, 2.75) is 38.6 Å². The molecule has 0 saturated heterocycles. The normalized spacial score (nSPS) is 27.4. The van der Waals surface area contributed by atoms with Crippen molar-refractivity contribution in [1.82, 2.24) is 5.32 Å². The van der Waals surface area contributed by atoms with Crippen molar-refractivity contribution in [1.29, 1.82) is 0 Å². The van der Waals surface area contributed by atoms with Gasteiger partial charge in [-0.2, -0.15) is 0 Å². The molecule has 0 aromatic carbocycles. The number of nitrogens with one attached hydrogen (secondary N) is 1. The molecular formula is C10H17N. The van der Waals surface area contributed by atoms with Crippen LogP contribution in [0.15, 0.2) is 11.6 Å². The van der Waals surface area contributed by atoms with Gasteiger partial charge in [0.1, 0.15) is 0 Å². The van der Waals surface area contributed by atoms with Gasteiger partial charge in [-0.05, 0) is 25.2 Å². The molecule has 2 rings (SSSR count). The SMILES string of the molecule is CC(C)C1=CCNC2(CC2)C1. The van der Waals surface area contributed by atoms with Gasteiger partial charge >= 0.3 is 0 Å². The van der Waals surface area contributed by atoms with E-state index in [4.69, 9.17) is 0 Å². The number of rotatable bonds is 1. The van der Waals surface area contributed by atoms with Crippen LogP contribution in [0, 0.1) is 5.92 Å². The summed E-state index contributed by atoms with van der Waals surface area (Å²) in [5, 5.41) is 3.58. The molecule has 1 nitrogen and oxygen atoms in total. The van der Waals surface area contributed by atoms with Gasteiger partial charge in [0.2, 0.25) is 0 Å². The van der Waals surface area contributed by atoms with Crippen molar-refractivity contribution >= 4 is 0 Å². The summed E-state index contributed by atoms with van der Waals surface area (Å²) in [4.78, 5) is 0. The van der Waals surface area contributed by atoms with Crippen molar-refractivity contribution in [2.75, 3.05) is 6.54 Å². The second-order valence-corrected chi connectivity index (χ2v) is 4.27. The highest BCUT2D eigenvalue weighted by molar-refractivity contribution is 5.21. The third kappa shape index (κ3) is 1.34. The largest absolute Gasteiger partial charge is 0.307 e. The minimum atomic E-state index is 0.564. The lowest BCUT2D eigenvalue weighted by molar-refractivity contribution is 0.473. The summed E-state index contributed by atoms with van der Waals surface area (Å²) < 4.78 is 0. The first-order valence-corrected chi connectivity index (χ1v) is 4.66. The Morgan fingerprint density at radius 1 is 1.45 bits per heavy atom. The molecule has 1 fully saturated rings. The van der Waals surface area contributed by atoms with Gasteiger partial charge in [0.25, 0.3) is 0 Å². The Morgan fingerprint density at radius 2 is 2.18 bits per heavy atom. The van der Waals surface area contributed by atoms with Gasteiger partial charge in [-0.3, -0.25) is 0 Å². The Kier molecular flexibility index (Phi) is 1.57. The van der Waals surface area contributed by atoms with E-state index in [1.54, 1.807) is 5.57 Å². The molecule has 0 atom stereocenters. The van der Waals surface area contributed by atoms with Gasteiger partial charge in [0.15, 0.2) is 0 Å². The molecule has 1 spiro atoms. The Morgan fingerprint density at radius 3 is 2.73 bits per heavy atom. The summed E-state index contributed by atoms with van der Waals surface area (Å²) in [6, 6.07) is 0. The lowest BCUT2D eigenvalue weighted by Crippen LogP contribution is -2.36. The smallest absolute Gasteiger partial charge is 0.0223 e. The van der Waals surface area contributed by atoms with Crippen LogP contribution in [0.25, 0.3) is 0 Å². The maximum Gasteiger partial charge on any atom is 0.0223 e. The van der Waals surface area contributed by atoms with E-state index < -0.39 is 0 Å². The monoisotopic (exact) mass is 151 g/mol. The third-order valence-electron chi connectivity index (χ3n) is 2.98. The fourth-order valence-electron chi connectivity index (χ4n) is 1.87. The first kappa shape index (κ1) is 7.35. The molecule has 0 radical (unpaired) electrons. The summed E-state index contributed by atoms with van der Waals surface area (Å²) in [5.74, 6) is 0.759. The molecule has 1 heterocycles. The van der Waals surface area contributed by atoms with Crippen molar-refractivity contribution in [3.8, 4) is 0 Å². The second-order valence-electron chi connectivity index (χ2n) is 4.27. The van der Waals surface area contributed by atoms with Crippen LogP contribution in [0.4, 0.5) is 0 Å². The van der Waals surface area contributed by atoms with E-state index in [0.29, 0.717) is 5.54 Å². The van der Waals surface area contributed by atoms with Gasteiger partial charge in [0.05, 0.1) is 0 Å². The lowest BCUT2D eigenvalue weighted by Gasteiger charge is -2.25. The van der Waals surface area contributed by atoms with Gasteiger partial charge in [-0.1, -0.05) is 25.5 Å². The van der Waals surface area contributed by atoms with E-state index in [1.165, 1.54) is 19.3 Å². The van der Waals surface area contributed by atoms with E-state index in [2.05, 4.69) is 25.2 Å². The standard InChI is InChI=1S/C10H17N/c1-8(2)9-3-6-11-10(7-9)4-5-10/h3,8,11H,4-7H2,1-2H3. The maximum atomic E-state index is 3.58. The van der Waals surface area contributed by atoms with E-state index in [0.717, 1.165) is 12.5 Å². The average Bonchev–Trinajstić information content (AvgIpc) is 2.69.